The summed E-state index contributed by atoms with van der Waals surface area (Å²) in [5.41, 5.74) is 0.833. The van der Waals surface area contributed by atoms with Crippen LogP contribution in [0.25, 0.3) is 0 Å². The van der Waals surface area contributed by atoms with E-state index in [-0.39, 0.29) is 5.91 Å². The molecule has 4 rings (SSSR count). The minimum atomic E-state index is 0.0274. The maximum Gasteiger partial charge on any atom is 0.238 e. The Hall–Kier alpha value is -0.910. The Morgan fingerprint density at radius 3 is 2.80 bits per heavy atom. The molecule has 0 radical (unpaired) electrons. The van der Waals surface area contributed by atoms with Crippen molar-refractivity contribution in [3.63, 3.8) is 0 Å². The molecule has 1 unspecified atom stereocenters. The van der Waals surface area contributed by atoms with Crippen LogP contribution in [-0.4, -0.2) is 43.0 Å². The number of halogens is 1. The van der Waals surface area contributed by atoms with Gasteiger partial charge in [0.05, 0.1) is 6.54 Å². The number of nitrogens with zero attached hydrogens (tertiary/aromatic N) is 1. The van der Waals surface area contributed by atoms with E-state index in [1.54, 1.807) is 0 Å². The number of anilines is 1. The van der Waals surface area contributed by atoms with Crippen LogP contribution < -0.4 is 10.6 Å². The van der Waals surface area contributed by atoms with E-state index in [4.69, 9.17) is 0 Å². The summed E-state index contributed by atoms with van der Waals surface area (Å²) in [4.78, 5) is 14.5. The molecular weight excluding hydrogens is 318 g/mol. The topological polar surface area (TPSA) is 44.4 Å². The van der Waals surface area contributed by atoms with Crippen LogP contribution in [0.3, 0.4) is 0 Å². The number of piperidine rings is 3. The van der Waals surface area contributed by atoms with E-state index in [2.05, 4.69) is 31.5 Å². The van der Waals surface area contributed by atoms with E-state index in [1.807, 2.05) is 24.3 Å². The summed E-state index contributed by atoms with van der Waals surface area (Å²) in [6.07, 6.45) is 2.54. The molecule has 1 atom stereocenters. The number of hydrogen-bond donors (Lipinski definition) is 2. The van der Waals surface area contributed by atoms with Gasteiger partial charge in [0.1, 0.15) is 0 Å². The van der Waals surface area contributed by atoms with Crippen LogP contribution in [0, 0.1) is 5.92 Å². The van der Waals surface area contributed by atoms with Crippen molar-refractivity contribution >= 4 is 27.5 Å². The second-order valence-electron chi connectivity index (χ2n) is 5.68. The van der Waals surface area contributed by atoms with Gasteiger partial charge in [-0.1, -0.05) is 22.0 Å². The van der Waals surface area contributed by atoms with E-state index in [9.17, 15) is 4.79 Å². The molecule has 0 saturated carbocycles. The third kappa shape index (κ3) is 3.40. The lowest BCUT2D eigenvalue weighted by atomic mass is 9.84. The van der Waals surface area contributed by atoms with Crippen molar-refractivity contribution in [1.29, 1.82) is 0 Å². The van der Waals surface area contributed by atoms with E-state index >= 15 is 0 Å². The van der Waals surface area contributed by atoms with Gasteiger partial charge in [0, 0.05) is 22.7 Å². The normalized spacial score (nSPS) is 28.4. The number of fused-ring (bicyclic) bond motifs is 3. The van der Waals surface area contributed by atoms with Gasteiger partial charge in [0.15, 0.2) is 0 Å². The Balaban J connectivity index is 1.47. The van der Waals surface area contributed by atoms with Gasteiger partial charge in [-0.3, -0.25) is 4.79 Å². The molecule has 20 heavy (non-hydrogen) atoms. The Bertz CT molecular complexity index is 486. The molecule has 0 aromatic heterocycles. The van der Waals surface area contributed by atoms with Gasteiger partial charge in [0.25, 0.3) is 0 Å². The monoisotopic (exact) mass is 337 g/mol. The van der Waals surface area contributed by atoms with Crippen molar-refractivity contribution in [3.8, 4) is 0 Å². The SMILES string of the molecule is O=C(CNC1CN2CCC1CC2)Nc1cccc(Br)c1. The second-order valence-corrected chi connectivity index (χ2v) is 6.60. The van der Waals surface area contributed by atoms with Crippen LogP contribution in [0.4, 0.5) is 5.69 Å². The fourth-order valence-corrected chi connectivity index (χ4v) is 3.59. The molecule has 3 fully saturated rings. The Labute approximate surface area is 128 Å². The average molecular weight is 338 g/mol. The van der Waals surface area contributed by atoms with Crippen molar-refractivity contribution in [2.45, 2.75) is 18.9 Å². The molecule has 1 aromatic carbocycles. The highest BCUT2D eigenvalue weighted by Gasteiger charge is 2.33. The largest absolute Gasteiger partial charge is 0.325 e. The first-order valence-corrected chi connectivity index (χ1v) is 8.01. The summed E-state index contributed by atoms with van der Waals surface area (Å²) in [6.45, 7) is 3.94. The van der Waals surface area contributed by atoms with Gasteiger partial charge < -0.3 is 15.5 Å². The van der Waals surface area contributed by atoms with Crippen molar-refractivity contribution < 1.29 is 4.79 Å². The number of hydrogen-bond acceptors (Lipinski definition) is 3. The summed E-state index contributed by atoms with van der Waals surface area (Å²) in [7, 11) is 0. The zero-order valence-electron chi connectivity index (χ0n) is 11.4. The minimum Gasteiger partial charge on any atom is -0.325 e. The van der Waals surface area contributed by atoms with Gasteiger partial charge in [-0.2, -0.15) is 0 Å². The zero-order chi connectivity index (χ0) is 13.9. The van der Waals surface area contributed by atoms with E-state index in [0.29, 0.717) is 12.6 Å². The first kappa shape index (κ1) is 14.0. The molecule has 0 spiro atoms. The maximum atomic E-state index is 12.0. The third-order valence-corrected chi connectivity index (χ3v) is 4.78. The predicted octanol–water partition coefficient (Wildman–Crippen LogP) is 2.07. The van der Waals surface area contributed by atoms with Gasteiger partial charge in [-0.25, -0.2) is 0 Å². The highest BCUT2D eigenvalue weighted by molar-refractivity contribution is 9.10. The van der Waals surface area contributed by atoms with Crippen LogP contribution in [0.2, 0.25) is 0 Å². The van der Waals surface area contributed by atoms with Crippen LogP contribution in [-0.2, 0) is 4.79 Å². The molecule has 4 nitrogen and oxygen atoms in total. The van der Waals surface area contributed by atoms with Crippen molar-refractivity contribution in [2.75, 3.05) is 31.5 Å². The molecule has 2 bridgehead atoms. The molecular formula is C15H20BrN3O. The lowest BCUT2D eigenvalue weighted by Crippen LogP contribution is -2.57. The summed E-state index contributed by atoms with van der Waals surface area (Å²) < 4.78 is 0.973. The maximum absolute atomic E-state index is 12.0. The third-order valence-electron chi connectivity index (χ3n) is 4.29. The van der Waals surface area contributed by atoms with Gasteiger partial charge >= 0.3 is 0 Å². The summed E-state index contributed by atoms with van der Waals surface area (Å²) in [5.74, 6) is 0.776. The van der Waals surface area contributed by atoms with E-state index in [0.717, 1.165) is 22.6 Å². The number of amides is 1. The molecule has 3 saturated heterocycles. The highest BCUT2D eigenvalue weighted by atomic mass is 79.9. The second kappa shape index (κ2) is 6.24. The average Bonchev–Trinajstić information content (AvgIpc) is 2.46. The van der Waals surface area contributed by atoms with E-state index < -0.39 is 0 Å². The number of carbonyl (C=O) groups excluding carboxylic acids is 1. The molecule has 5 heteroatoms. The number of nitrogens with one attached hydrogen (secondary N) is 2. The standard InChI is InChI=1S/C15H20BrN3O/c16-12-2-1-3-13(8-12)18-15(20)9-17-14-10-19-6-4-11(14)5-7-19/h1-3,8,11,14,17H,4-7,9-10H2,(H,18,20). The molecule has 3 aliphatic heterocycles. The zero-order valence-corrected chi connectivity index (χ0v) is 13.0. The molecule has 108 valence electrons. The minimum absolute atomic E-state index is 0.0274. The molecule has 1 aromatic rings. The fourth-order valence-electron chi connectivity index (χ4n) is 3.19. The van der Waals surface area contributed by atoms with Crippen molar-refractivity contribution in [1.82, 2.24) is 10.2 Å². The van der Waals surface area contributed by atoms with Crippen molar-refractivity contribution in [3.05, 3.63) is 28.7 Å². The first-order valence-electron chi connectivity index (χ1n) is 7.22. The van der Waals surface area contributed by atoms with E-state index in [1.165, 1.54) is 25.9 Å². The Morgan fingerprint density at radius 2 is 2.15 bits per heavy atom. The van der Waals surface area contributed by atoms with Crippen LogP contribution in [0.15, 0.2) is 28.7 Å². The molecule has 0 aliphatic carbocycles. The van der Waals surface area contributed by atoms with Gasteiger partial charge in [0.2, 0.25) is 5.91 Å². The fraction of sp³-hybridized carbons (Fsp3) is 0.533. The summed E-state index contributed by atoms with van der Waals surface area (Å²) in [5, 5.41) is 6.34. The van der Waals surface area contributed by atoms with Crippen LogP contribution in [0.1, 0.15) is 12.8 Å². The highest BCUT2D eigenvalue weighted by Crippen LogP contribution is 2.27. The summed E-state index contributed by atoms with van der Waals surface area (Å²) >= 11 is 3.40. The number of benzene rings is 1. The molecule has 3 aliphatic rings. The molecule has 2 N–H and O–H groups in total. The van der Waals surface area contributed by atoms with Crippen LogP contribution in [0.5, 0.6) is 0 Å². The lowest BCUT2D eigenvalue weighted by molar-refractivity contribution is -0.115. The lowest BCUT2D eigenvalue weighted by Gasteiger charge is -2.45. The smallest absolute Gasteiger partial charge is 0.238 e. The Morgan fingerprint density at radius 1 is 1.35 bits per heavy atom. The quantitative estimate of drug-likeness (QED) is 0.884. The van der Waals surface area contributed by atoms with Crippen molar-refractivity contribution in [2.24, 2.45) is 5.92 Å². The summed E-state index contributed by atoms with van der Waals surface area (Å²) in [6, 6.07) is 8.15. The Kier molecular flexibility index (Phi) is 4.38. The number of rotatable bonds is 4. The predicted molar refractivity (Wildman–Crippen MR) is 83.7 cm³/mol. The molecule has 3 heterocycles. The van der Waals surface area contributed by atoms with Gasteiger partial charge in [-0.05, 0) is 50.0 Å². The number of carbonyl (C=O) groups is 1. The first-order chi connectivity index (χ1) is 9.70. The van der Waals surface area contributed by atoms with Gasteiger partial charge in [-0.15, -0.1) is 0 Å². The molecule has 1 amide bonds. The van der Waals surface area contributed by atoms with Crippen LogP contribution >= 0.6 is 15.9 Å².